The van der Waals surface area contributed by atoms with Crippen LogP contribution in [0.5, 0.6) is 0 Å². The van der Waals surface area contributed by atoms with Crippen molar-refractivity contribution >= 4 is 41.8 Å². The smallest absolute Gasteiger partial charge is 0.234 e. The second-order valence-corrected chi connectivity index (χ2v) is 7.24. The maximum absolute atomic E-state index is 12.0. The van der Waals surface area contributed by atoms with Gasteiger partial charge in [-0.3, -0.25) is 19.5 Å². The van der Waals surface area contributed by atoms with E-state index in [1.54, 1.807) is 14.2 Å². The highest BCUT2D eigenvalue weighted by atomic mass is 127. The van der Waals surface area contributed by atoms with Crippen LogP contribution in [0.2, 0.25) is 0 Å². The number of nitrogens with zero attached hydrogens (tertiary/aromatic N) is 3. The molecule has 1 aliphatic rings. The Labute approximate surface area is 186 Å². The number of carbonyl (C=O) groups is 2. The average Bonchev–Trinajstić information content (AvgIpc) is 2.65. The third kappa shape index (κ3) is 9.37. The molecule has 0 saturated carbocycles. The first-order valence-corrected chi connectivity index (χ1v) is 9.57. The summed E-state index contributed by atoms with van der Waals surface area (Å²) >= 11 is 0. The first kappa shape index (κ1) is 26.9. The van der Waals surface area contributed by atoms with E-state index < -0.39 is 5.41 Å². The molecule has 0 radical (unpaired) electrons. The molecule has 0 aromatic rings. The summed E-state index contributed by atoms with van der Waals surface area (Å²) in [5, 5.41) is 8.84. The van der Waals surface area contributed by atoms with Gasteiger partial charge in [-0.1, -0.05) is 0 Å². The Morgan fingerprint density at radius 2 is 1.79 bits per heavy atom. The van der Waals surface area contributed by atoms with Crippen molar-refractivity contribution in [3.63, 3.8) is 0 Å². The van der Waals surface area contributed by atoms with Gasteiger partial charge in [0.2, 0.25) is 11.8 Å². The van der Waals surface area contributed by atoms with Crippen LogP contribution in [0, 0.1) is 5.41 Å². The molecule has 2 amide bonds. The van der Waals surface area contributed by atoms with Gasteiger partial charge in [-0.2, -0.15) is 0 Å². The summed E-state index contributed by atoms with van der Waals surface area (Å²) in [7, 11) is 3.26. The zero-order valence-corrected chi connectivity index (χ0v) is 20.2. The molecule has 1 aliphatic heterocycles. The summed E-state index contributed by atoms with van der Waals surface area (Å²) < 4.78 is 4.93. The predicted molar refractivity (Wildman–Crippen MR) is 122 cm³/mol. The second kappa shape index (κ2) is 13.9. The van der Waals surface area contributed by atoms with E-state index in [9.17, 15) is 9.59 Å². The van der Waals surface area contributed by atoms with Gasteiger partial charge in [0.15, 0.2) is 5.96 Å². The molecule has 1 heterocycles. The minimum absolute atomic E-state index is 0. The molecule has 0 unspecified atom stereocenters. The van der Waals surface area contributed by atoms with E-state index in [1.807, 2.05) is 20.8 Å². The molecule has 0 bridgehead atoms. The lowest BCUT2D eigenvalue weighted by Crippen LogP contribution is -2.54. The van der Waals surface area contributed by atoms with Gasteiger partial charge in [-0.15, -0.1) is 24.0 Å². The Morgan fingerprint density at radius 3 is 2.32 bits per heavy atom. The Hall–Kier alpha value is -1.14. The number of hydrogen-bond acceptors (Lipinski definition) is 5. The number of guanidine groups is 1. The van der Waals surface area contributed by atoms with Crippen LogP contribution < -0.4 is 16.0 Å². The SMILES string of the molecule is CCNC(=NCC(C)(C)C(=O)NC)N1CCN(CC(=O)NCCOC)CC1.I. The molecule has 9 nitrogen and oxygen atoms in total. The maximum atomic E-state index is 12.0. The van der Waals surface area contributed by atoms with E-state index in [2.05, 4.69) is 30.7 Å². The quantitative estimate of drug-likeness (QED) is 0.170. The molecule has 3 N–H and O–H groups in total. The van der Waals surface area contributed by atoms with Crippen LogP contribution in [0.3, 0.4) is 0 Å². The third-order valence-corrected chi connectivity index (χ3v) is 4.47. The first-order chi connectivity index (χ1) is 12.8. The molecule has 0 aliphatic carbocycles. The van der Waals surface area contributed by atoms with Crippen LogP contribution in [-0.4, -0.2) is 101 Å². The van der Waals surface area contributed by atoms with E-state index in [4.69, 9.17) is 4.74 Å². The maximum Gasteiger partial charge on any atom is 0.234 e. The number of ether oxygens (including phenoxy) is 1. The summed E-state index contributed by atoms with van der Waals surface area (Å²) in [6.07, 6.45) is 0. The lowest BCUT2D eigenvalue weighted by molar-refractivity contribution is -0.128. The number of rotatable bonds is 9. The lowest BCUT2D eigenvalue weighted by Gasteiger charge is -2.36. The topological polar surface area (TPSA) is 98.3 Å². The largest absolute Gasteiger partial charge is 0.383 e. The van der Waals surface area contributed by atoms with Crippen molar-refractivity contribution in [2.45, 2.75) is 20.8 Å². The standard InChI is InChI=1S/C18H36N6O3.HI/c1-6-20-17(22-14-18(2,3)16(26)19-4)24-10-8-23(9-11-24)13-15(25)21-7-12-27-5;/h6-14H2,1-5H3,(H,19,26)(H,20,22)(H,21,25);1H. The van der Waals surface area contributed by atoms with Crippen molar-refractivity contribution < 1.29 is 14.3 Å². The Morgan fingerprint density at radius 1 is 1.14 bits per heavy atom. The zero-order valence-electron chi connectivity index (χ0n) is 17.8. The summed E-state index contributed by atoms with van der Waals surface area (Å²) in [4.78, 5) is 32.9. The fourth-order valence-corrected chi connectivity index (χ4v) is 2.78. The Balaban J connectivity index is 0.00000729. The number of piperazine rings is 1. The van der Waals surface area contributed by atoms with Crippen molar-refractivity contribution in [1.82, 2.24) is 25.8 Å². The van der Waals surface area contributed by atoms with Crippen LogP contribution in [0.15, 0.2) is 4.99 Å². The summed E-state index contributed by atoms with van der Waals surface area (Å²) in [6, 6.07) is 0. The Kier molecular flexibility index (Phi) is 13.4. The van der Waals surface area contributed by atoms with Crippen LogP contribution >= 0.6 is 24.0 Å². The van der Waals surface area contributed by atoms with Crippen LogP contribution in [-0.2, 0) is 14.3 Å². The fraction of sp³-hybridized carbons (Fsp3) is 0.833. The minimum atomic E-state index is -0.558. The van der Waals surface area contributed by atoms with Gasteiger partial charge in [-0.05, 0) is 20.8 Å². The number of carbonyl (C=O) groups excluding carboxylic acids is 2. The monoisotopic (exact) mass is 512 g/mol. The summed E-state index contributed by atoms with van der Waals surface area (Å²) in [5.74, 6) is 0.818. The third-order valence-electron chi connectivity index (χ3n) is 4.47. The molecule has 1 saturated heterocycles. The van der Waals surface area contributed by atoms with Gasteiger partial charge < -0.3 is 25.6 Å². The molecule has 0 spiro atoms. The number of aliphatic imine (C=N–C) groups is 1. The molecule has 10 heteroatoms. The van der Waals surface area contributed by atoms with Crippen molar-refractivity contribution in [1.29, 1.82) is 0 Å². The van der Waals surface area contributed by atoms with Crippen LogP contribution in [0.4, 0.5) is 0 Å². The first-order valence-electron chi connectivity index (χ1n) is 9.57. The van der Waals surface area contributed by atoms with Crippen molar-refractivity contribution in [2.24, 2.45) is 10.4 Å². The molecule has 164 valence electrons. The molecule has 0 atom stereocenters. The van der Waals surface area contributed by atoms with Crippen LogP contribution in [0.25, 0.3) is 0 Å². The van der Waals surface area contributed by atoms with Gasteiger partial charge in [0.25, 0.3) is 0 Å². The number of methoxy groups -OCH3 is 1. The van der Waals surface area contributed by atoms with Gasteiger partial charge in [0.1, 0.15) is 0 Å². The predicted octanol–water partition coefficient (Wildman–Crippen LogP) is -0.278. The normalized spacial score (nSPS) is 15.6. The van der Waals surface area contributed by atoms with Crippen LogP contribution in [0.1, 0.15) is 20.8 Å². The molecule has 0 aromatic carbocycles. The second-order valence-electron chi connectivity index (χ2n) is 7.24. The number of amides is 2. The number of halogens is 1. The van der Waals surface area contributed by atoms with Crippen molar-refractivity contribution in [2.75, 3.05) is 73.1 Å². The molecule has 28 heavy (non-hydrogen) atoms. The summed E-state index contributed by atoms with van der Waals surface area (Å²) in [5.41, 5.74) is -0.558. The molecule has 0 aromatic heterocycles. The number of nitrogens with one attached hydrogen (secondary N) is 3. The van der Waals surface area contributed by atoms with E-state index in [-0.39, 0.29) is 35.8 Å². The highest BCUT2D eigenvalue weighted by Gasteiger charge is 2.27. The van der Waals surface area contributed by atoms with Gasteiger partial charge in [0.05, 0.1) is 25.1 Å². The molecular weight excluding hydrogens is 475 g/mol. The van der Waals surface area contributed by atoms with E-state index in [0.717, 1.165) is 38.7 Å². The van der Waals surface area contributed by atoms with Crippen molar-refractivity contribution in [3.8, 4) is 0 Å². The highest BCUT2D eigenvalue weighted by Crippen LogP contribution is 2.15. The average molecular weight is 512 g/mol. The highest BCUT2D eigenvalue weighted by molar-refractivity contribution is 14.0. The Bertz CT molecular complexity index is 508. The zero-order chi connectivity index (χ0) is 20.3. The molecule has 1 fully saturated rings. The van der Waals surface area contributed by atoms with Crippen molar-refractivity contribution in [3.05, 3.63) is 0 Å². The van der Waals surface area contributed by atoms with Gasteiger partial charge in [0, 0.05) is 53.4 Å². The van der Waals surface area contributed by atoms with E-state index in [1.165, 1.54) is 0 Å². The van der Waals surface area contributed by atoms with E-state index >= 15 is 0 Å². The fourth-order valence-electron chi connectivity index (χ4n) is 2.78. The molecular formula is C18H37IN6O3. The number of hydrogen-bond donors (Lipinski definition) is 3. The van der Waals surface area contributed by atoms with E-state index in [0.29, 0.717) is 26.2 Å². The van der Waals surface area contributed by atoms with Gasteiger partial charge >= 0.3 is 0 Å². The molecule has 1 rings (SSSR count). The lowest BCUT2D eigenvalue weighted by atomic mass is 9.93. The minimum Gasteiger partial charge on any atom is -0.383 e. The van der Waals surface area contributed by atoms with Gasteiger partial charge in [-0.25, -0.2) is 0 Å². The summed E-state index contributed by atoms with van der Waals surface area (Å²) in [6.45, 7) is 11.6.